The van der Waals surface area contributed by atoms with E-state index in [0.717, 1.165) is 36.0 Å². The second kappa shape index (κ2) is 8.78. The Balaban J connectivity index is 1.59. The Morgan fingerprint density at radius 2 is 1.80 bits per heavy atom. The molecule has 160 valence electrons. The number of hydrogen-bond donors (Lipinski definition) is 1. The number of hydrogen-bond acceptors (Lipinski definition) is 4. The van der Waals surface area contributed by atoms with Crippen molar-refractivity contribution in [2.24, 2.45) is 0 Å². The normalized spacial score (nSPS) is 22.0. The summed E-state index contributed by atoms with van der Waals surface area (Å²) < 4.78 is 32.2. The van der Waals surface area contributed by atoms with E-state index in [1.165, 1.54) is 6.26 Å². The largest absolute Gasteiger partial charge is 0.446 e. The van der Waals surface area contributed by atoms with Crippen LogP contribution in [0.1, 0.15) is 31.2 Å². The molecule has 2 aromatic rings. The number of benzene rings is 2. The molecular formula is C23H28N2O4S. The topological polar surface area (TPSA) is 75.7 Å². The van der Waals surface area contributed by atoms with E-state index in [1.54, 1.807) is 4.90 Å². The van der Waals surface area contributed by atoms with Gasteiger partial charge in [-0.2, -0.15) is 0 Å². The van der Waals surface area contributed by atoms with Crippen LogP contribution in [0.2, 0.25) is 0 Å². The summed E-state index contributed by atoms with van der Waals surface area (Å²) in [6.45, 7) is 0.580. The third-order valence-corrected chi connectivity index (χ3v) is 6.38. The van der Waals surface area contributed by atoms with Gasteiger partial charge in [0.2, 0.25) is 10.0 Å². The number of nitrogens with one attached hydrogen (secondary N) is 1. The maximum Gasteiger partial charge on any atom is 0.410 e. The van der Waals surface area contributed by atoms with Crippen molar-refractivity contribution < 1.29 is 17.9 Å². The first-order chi connectivity index (χ1) is 14.4. The quantitative estimate of drug-likeness (QED) is 0.763. The number of piperidine rings is 1. The molecule has 0 bridgehead atoms. The van der Waals surface area contributed by atoms with Crippen LogP contribution in [0.25, 0.3) is 11.1 Å². The van der Waals surface area contributed by atoms with Gasteiger partial charge in [0.25, 0.3) is 0 Å². The SMILES string of the molecule is CS(=O)(=O)N[C@H]1CCCN(C(=O)OC2CC2)[C@H]1Cc1cccc(-c2ccccc2)c1. The fraction of sp³-hybridized carbons (Fsp3) is 0.435. The van der Waals surface area contributed by atoms with Crippen LogP contribution in [0.15, 0.2) is 54.6 Å². The molecule has 0 unspecified atom stereocenters. The Bertz CT molecular complexity index is 989. The first kappa shape index (κ1) is 20.9. The summed E-state index contributed by atoms with van der Waals surface area (Å²) in [5.41, 5.74) is 3.29. The standard InChI is InChI=1S/C23H28N2O4S/c1-30(27,28)24-21-11-6-14-25(23(26)29-20-12-13-20)22(21)16-17-7-5-10-19(15-17)18-8-3-2-4-9-18/h2-5,7-10,15,20-22,24H,6,11-14,16H2,1H3/t21-,22-/m0/s1. The summed E-state index contributed by atoms with van der Waals surface area (Å²) in [6.07, 6.45) is 4.68. The van der Waals surface area contributed by atoms with Crippen LogP contribution in [-0.4, -0.2) is 50.4 Å². The third kappa shape index (κ3) is 5.40. The van der Waals surface area contributed by atoms with Crippen LogP contribution in [0, 0.1) is 0 Å². The number of sulfonamides is 1. The van der Waals surface area contributed by atoms with Crippen LogP contribution in [0.5, 0.6) is 0 Å². The monoisotopic (exact) mass is 428 g/mol. The van der Waals surface area contributed by atoms with Gasteiger partial charge in [-0.05, 0) is 48.8 Å². The molecule has 1 amide bonds. The second-order valence-corrected chi connectivity index (χ2v) is 10.0. The van der Waals surface area contributed by atoms with E-state index in [-0.39, 0.29) is 24.3 Å². The molecule has 30 heavy (non-hydrogen) atoms. The lowest BCUT2D eigenvalue weighted by atomic mass is 9.90. The zero-order valence-corrected chi connectivity index (χ0v) is 18.0. The highest BCUT2D eigenvalue weighted by atomic mass is 32.2. The van der Waals surface area contributed by atoms with Crippen LogP contribution in [0.3, 0.4) is 0 Å². The summed E-state index contributed by atoms with van der Waals surface area (Å²) in [5, 5.41) is 0. The summed E-state index contributed by atoms with van der Waals surface area (Å²) in [4.78, 5) is 14.5. The average Bonchev–Trinajstić information content (AvgIpc) is 3.53. The molecule has 1 saturated heterocycles. The molecule has 1 aliphatic heterocycles. The lowest BCUT2D eigenvalue weighted by Gasteiger charge is -2.40. The maximum atomic E-state index is 12.8. The van der Waals surface area contributed by atoms with Gasteiger partial charge < -0.3 is 9.64 Å². The van der Waals surface area contributed by atoms with Crippen molar-refractivity contribution in [1.29, 1.82) is 0 Å². The first-order valence-electron chi connectivity index (χ1n) is 10.5. The molecular weight excluding hydrogens is 400 g/mol. The van der Waals surface area contributed by atoms with Crippen molar-refractivity contribution >= 4 is 16.1 Å². The number of amides is 1. The van der Waals surface area contributed by atoms with Gasteiger partial charge in [-0.1, -0.05) is 54.6 Å². The molecule has 1 saturated carbocycles. The molecule has 1 aliphatic carbocycles. The van der Waals surface area contributed by atoms with Crippen LogP contribution < -0.4 is 4.72 Å². The Hall–Kier alpha value is -2.38. The maximum absolute atomic E-state index is 12.8. The molecule has 4 rings (SSSR count). The fourth-order valence-corrected chi connectivity index (χ4v) is 4.92. The predicted octanol–water partition coefficient (Wildman–Crippen LogP) is 3.58. The van der Waals surface area contributed by atoms with Crippen molar-refractivity contribution in [2.45, 2.75) is 50.3 Å². The number of ether oxygens (including phenoxy) is 1. The minimum absolute atomic E-state index is 0.0165. The predicted molar refractivity (Wildman–Crippen MR) is 117 cm³/mol. The first-order valence-corrected chi connectivity index (χ1v) is 12.4. The van der Waals surface area contributed by atoms with Crippen molar-refractivity contribution in [3.05, 3.63) is 60.2 Å². The minimum Gasteiger partial charge on any atom is -0.446 e. The van der Waals surface area contributed by atoms with Crippen LogP contribution in [0.4, 0.5) is 4.79 Å². The van der Waals surface area contributed by atoms with Crippen LogP contribution >= 0.6 is 0 Å². The Kier molecular flexibility index (Phi) is 6.11. The third-order valence-electron chi connectivity index (χ3n) is 5.65. The van der Waals surface area contributed by atoms with Gasteiger partial charge in [0.05, 0.1) is 12.3 Å². The van der Waals surface area contributed by atoms with Gasteiger partial charge in [0.1, 0.15) is 6.10 Å². The van der Waals surface area contributed by atoms with E-state index < -0.39 is 10.0 Å². The lowest BCUT2D eigenvalue weighted by molar-refractivity contribution is 0.0598. The van der Waals surface area contributed by atoms with E-state index >= 15 is 0 Å². The summed E-state index contributed by atoms with van der Waals surface area (Å²) in [5.74, 6) is 0. The van der Waals surface area contributed by atoms with Gasteiger partial charge in [-0.3, -0.25) is 0 Å². The molecule has 1 N–H and O–H groups in total. The number of likely N-dealkylation sites (tertiary alicyclic amines) is 1. The zero-order chi connectivity index (χ0) is 21.1. The summed E-state index contributed by atoms with van der Waals surface area (Å²) in [7, 11) is -3.39. The van der Waals surface area contributed by atoms with E-state index in [2.05, 4.69) is 29.0 Å². The number of nitrogens with zero attached hydrogens (tertiary/aromatic N) is 1. The molecule has 6 nitrogen and oxygen atoms in total. The van der Waals surface area contributed by atoms with Gasteiger partial charge in [-0.15, -0.1) is 0 Å². The lowest BCUT2D eigenvalue weighted by Crippen LogP contribution is -2.57. The number of rotatable bonds is 6. The highest BCUT2D eigenvalue weighted by Gasteiger charge is 2.38. The van der Waals surface area contributed by atoms with Gasteiger partial charge in [0, 0.05) is 12.6 Å². The van der Waals surface area contributed by atoms with Gasteiger partial charge >= 0.3 is 6.09 Å². The Morgan fingerprint density at radius 3 is 2.50 bits per heavy atom. The summed E-state index contributed by atoms with van der Waals surface area (Å²) in [6, 6.07) is 17.7. The minimum atomic E-state index is -3.39. The molecule has 0 radical (unpaired) electrons. The molecule has 0 spiro atoms. The molecule has 1 heterocycles. The van der Waals surface area contributed by atoms with Crippen molar-refractivity contribution in [3.8, 4) is 11.1 Å². The molecule has 2 fully saturated rings. The van der Waals surface area contributed by atoms with Crippen LogP contribution in [-0.2, 0) is 21.2 Å². The molecule has 7 heteroatoms. The smallest absolute Gasteiger partial charge is 0.410 e. The highest BCUT2D eigenvalue weighted by molar-refractivity contribution is 7.88. The highest BCUT2D eigenvalue weighted by Crippen LogP contribution is 2.29. The zero-order valence-electron chi connectivity index (χ0n) is 17.2. The van der Waals surface area contributed by atoms with Crippen molar-refractivity contribution in [1.82, 2.24) is 9.62 Å². The van der Waals surface area contributed by atoms with Gasteiger partial charge in [-0.25, -0.2) is 17.9 Å². The van der Waals surface area contributed by atoms with E-state index in [0.29, 0.717) is 19.4 Å². The van der Waals surface area contributed by atoms with Gasteiger partial charge in [0.15, 0.2) is 0 Å². The Morgan fingerprint density at radius 1 is 1.07 bits per heavy atom. The molecule has 0 aromatic heterocycles. The number of carbonyl (C=O) groups is 1. The Labute approximate surface area is 178 Å². The van der Waals surface area contributed by atoms with E-state index in [1.807, 2.05) is 30.3 Å². The molecule has 2 atom stereocenters. The number of carbonyl (C=O) groups excluding carboxylic acids is 1. The summed E-state index contributed by atoms with van der Waals surface area (Å²) >= 11 is 0. The van der Waals surface area contributed by atoms with E-state index in [4.69, 9.17) is 4.74 Å². The fourth-order valence-electron chi connectivity index (χ4n) is 4.09. The van der Waals surface area contributed by atoms with Crippen molar-refractivity contribution in [2.75, 3.05) is 12.8 Å². The molecule has 2 aliphatic rings. The van der Waals surface area contributed by atoms with Crippen molar-refractivity contribution in [3.63, 3.8) is 0 Å². The average molecular weight is 429 g/mol. The second-order valence-electron chi connectivity index (χ2n) is 8.25. The molecule has 2 aromatic carbocycles. The van der Waals surface area contributed by atoms with E-state index in [9.17, 15) is 13.2 Å².